The molecule has 0 saturated carbocycles. The van der Waals surface area contributed by atoms with Crippen LogP contribution in [0, 0.1) is 12.8 Å². The lowest BCUT2D eigenvalue weighted by Crippen LogP contribution is -2.50. The molecular formula is C16H24N4O2. The molecule has 1 fully saturated rings. The first kappa shape index (κ1) is 16.3. The Hall–Kier alpha value is -2.11. The zero-order chi connectivity index (χ0) is 16.3. The minimum absolute atomic E-state index is 0.137. The Morgan fingerprint density at radius 3 is 2.77 bits per heavy atom. The maximum absolute atomic E-state index is 12.4. The van der Waals surface area contributed by atoms with Gasteiger partial charge in [0.05, 0.1) is 11.9 Å². The van der Waals surface area contributed by atoms with E-state index in [0.717, 1.165) is 24.8 Å². The van der Waals surface area contributed by atoms with Crippen LogP contribution >= 0.6 is 0 Å². The van der Waals surface area contributed by atoms with Crippen molar-refractivity contribution in [1.82, 2.24) is 9.88 Å². The van der Waals surface area contributed by atoms with E-state index >= 15 is 0 Å². The number of nitrogens with one attached hydrogen (secondary N) is 1. The van der Waals surface area contributed by atoms with Crippen molar-refractivity contribution in [1.29, 1.82) is 0 Å². The van der Waals surface area contributed by atoms with Crippen molar-refractivity contribution >= 4 is 23.3 Å². The highest BCUT2D eigenvalue weighted by atomic mass is 16.2. The summed E-state index contributed by atoms with van der Waals surface area (Å²) in [5, 5.41) is 2.62. The van der Waals surface area contributed by atoms with Crippen LogP contribution in [0.3, 0.4) is 0 Å². The first-order chi connectivity index (χ1) is 10.4. The summed E-state index contributed by atoms with van der Waals surface area (Å²) in [5.74, 6) is -0.316. The molecule has 1 aromatic rings. The van der Waals surface area contributed by atoms with Gasteiger partial charge in [-0.15, -0.1) is 0 Å². The van der Waals surface area contributed by atoms with Crippen molar-refractivity contribution in [3.8, 4) is 0 Å². The highest BCUT2D eigenvalue weighted by Crippen LogP contribution is 2.23. The summed E-state index contributed by atoms with van der Waals surface area (Å²) in [5.41, 5.74) is 6.90. The van der Waals surface area contributed by atoms with Gasteiger partial charge in [-0.3, -0.25) is 9.59 Å². The van der Waals surface area contributed by atoms with Gasteiger partial charge in [-0.25, -0.2) is 4.98 Å². The molecule has 1 unspecified atom stereocenters. The van der Waals surface area contributed by atoms with Crippen molar-refractivity contribution in [2.75, 3.05) is 17.6 Å². The van der Waals surface area contributed by atoms with Crippen LogP contribution in [0.2, 0.25) is 0 Å². The van der Waals surface area contributed by atoms with Crippen molar-refractivity contribution < 1.29 is 9.59 Å². The molecule has 0 aliphatic carbocycles. The predicted molar refractivity (Wildman–Crippen MR) is 86.2 cm³/mol. The van der Waals surface area contributed by atoms with Crippen LogP contribution in [0.5, 0.6) is 0 Å². The number of nitrogens with two attached hydrogens (primary N) is 1. The summed E-state index contributed by atoms with van der Waals surface area (Å²) in [6.45, 7) is 6.62. The monoisotopic (exact) mass is 304 g/mol. The largest absolute Gasteiger partial charge is 0.383 e. The zero-order valence-electron chi connectivity index (χ0n) is 13.4. The van der Waals surface area contributed by atoms with E-state index in [9.17, 15) is 9.59 Å². The van der Waals surface area contributed by atoms with Crippen LogP contribution in [-0.2, 0) is 9.59 Å². The Labute approximate surface area is 131 Å². The summed E-state index contributed by atoms with van der Waals surface area (Å²) in [7, 11) is 0. The number of pyridine rings is 1. The third-order valence-corrected chi connectivity index (χ3v) is 4.15. The Morgan fingerprint density at radius 2 is 2.14 bits per heavy atom. The molecule has 120 valence electrons. The van der Waals surface area contributed by atoms with E-state index in [1.54, 1.807) is 17.9 Å². The van der Waals surface area contributed by atoms with E-state index in [0.29, 0.717) is 24.0 Å². The Morgan fingerprint density at radius 1 is 1.41 bits per heavy atom. The SMILES string of the molecule is Cc1cc(NC(=O)C(=O)N2CCCCC2C(C)C)cnc1N. The Balaban J connectivity index is 2.07. The van der Waals surface area contributed by atoms with Gasteiger partial charge in [0.2, 0.25) is 0 Å². The molecule has 2 rings (SSSR count). The fraction of sp³-hybridized carbons (Fsp3) is 0.562. The number of nitrogen functional groups attached to an aromatic ring is 1. The summed E-state index contributed by atoms with van der Waals surface area (Å²) in [4.78, 5) is 30.3. The number of carbonyl (C=O) groups is 2. The van der Waals surface area contributed by atoms with Gasteiger partial charge in [-0.05, 0) is 43.7 Å². The van der Waals surface area contributed by atoms with E-state index in [-0.39, 0.29) is 6.04 Å². The predicted octanol–water partition coefficient (Wildman–Crippen LogP) is 1.95. The average molecular weight is 304 g/mol. The number of likely N-dealkylation sites (tertiary alicyclic amines) is 1. The molecule has 1 aromatic heterocycles. The van der Waals surface area contributed by atoms with E-state index in [1.165, 1.54) is 6.20 Å². The topological polar surface area (TPSA) is 88.3 Å². The smallest absolute Gasteiger partial charge is 0.313 e. The third kappa shape index (κ3) is 3.55. The second-order valence-electron chi connectivity index (χ2n) is 6.19. The normalized spacial score (nSPS) is 18.4. The van der Waals surface area contributed by atoms with E-state index in [4.69, 9.17) is 5.73 Å². The first-order valence-corrected chi connectivity index (χ1v) is 7.74. The van der Waals surface area contributed by atoms with Gasteiger partial charge in [0.1, 0.15) is 5.82 Å². The van der Waals surface area contributed by atoms with E-state index < -0.39 is 11.8 Å². The number of piperidine rings is 1. The Kier molecular flexibility index (Phi) is 5.00. The molecule has 0 spiro atoms. The van der Waals surface area contributed by atoms with Crippen molar-refractivity contribution in [2.24, 2.45) is 5.92 Å². The molecule has 0 aromatic carbocycles. The van der Waals surface area contributed by atoms with Gasteiger partial charge < -0.3 is 16.0 Å². The van der Waals surface area contributed by atoms with Crippen molar-refractivity contribution in [3.05, 3.63) is 17.8 Å². The average Bonchev–Trinajstić information content (AvgIpc) is 2.50. The van der Waals surface area contributed by atoms with Crippen LogP contribution in [-0.4, -0.2) is 34.3 Å². The molecule has 2 amide bonds. The second kappa shape index (κ2) is 6.77. The molecule has 2 heterocycles. The van der Waals surface area contributed by atoms with Gasteiger partial charge in [-0.2, -0.15) is 0 Å². The standard InChI is InChI=1S/C16H24N4O2/c1-10(2)13-6-4-5-7-20(13)16(22)15(21)19-12-8-11(3)14(17)18-9-12/h8-10,13H,4-7H2,1-3H3,(H2,17,18)(H,19,21). The molecule has 3 N–H and O–H groups in total. The molecular weight excluding hydrogens is 280 g/mol. The van der Waals surface area contributed by atoms with Crippen LogP contribution in [0.25, 0.3) is 0 Å². The number of aromatic nitrogens is 1. The first-order valence-electron chi connectivity index (χ1n) is 7.74. The number of anilines is 2. The molecule has 22 heavy (non-hydrogen) atoms. The van der Waals surface area contributed by atoms with Gasteiger partial charge >= 0.3 is 11.8 Å². The number of hydrogen-bond donors (Lipinski definition) is 2. The van der Waals surface area contributed by atoms with Gasteiger partial charge in [0.25, 0.3) is 0 Å². The lowest BCUT2D eigenvalue weighted by Gasteiger charge is -2.37. The number of hydrogen-bond acceptors (Lipinski definition) is 4. The molecule has 1 saturated heterocycles. The lowest BCUT2D eigenvalue weighted by atomic mass is 9.92. The van der Waals surface area contributed by atoms with E-state index in [1.807, 2.05) is 0 Å². The second-order valence-corrected chi connectivity index (χ2v) is 6.19. The quantitative estimate of drug-likeness (QED) is 0.817. The van der Waals surface area contributed by atoms with Gasteiger partial charge in [0.15, 0.2) is 0 Å². The summed E-state index contributed by atoms with van der Waals surface area (Å²) >= 11 is 0. The number of rotatable bonds is 2. The number of amides is 2. The molecule has 6 nitrogen and oxygen atoms in total. The Bertz CT molecular complexity index is 571. The summed E-state index contributed by atoms with van der Waals surface area (Å²) < 4.78 is 0. The minimum atomic E-state index is -0.612. The summed E-state index contributed by atoms with van der Waals surface area (Å²) in [6, 6.07) is 1.85. The van der Waals surface area contributed by atoms with Crippen LogP contribution in [0.4, 0.5) is 11.5 Å². The molecule has 0 bridgehead atoms. The molecule has 6 heteroatoms. The maximum atomic E-state index is 12.4. The highest BCUT2D eigenvalue weighted by molar-refractivity contribution is 6.39. The minimum Gasteiger partial charge on any atom is -0.383 e. The van der Waals surface area contributed by atoms with E-state index in [2.05, 4.69) is 24.1 Å². The number of nitrogens with zero attached hydrogens (tertiary/aromatic N) is 2. The maximum Gasteiger partial charge on any atom is 0.313 e. The zero-order valence-corrected chi connectivity index (χ0v) is 13.4. The molecule has 1 atom stereocenters. The van der Waals surface area contributed by atoms with Crippen molar-refractivity contribution in [2.45, 2.75) is 46.1 Å². The van der Waals surface area contributed by atoms with Gasteiger partial charge in [0, 0.05) is 12.6 Å². The van der Waals surface area contributed by atoms with Gasteiger partial charge in [-0.1, -0.05) is 13.8 Å². The molecule has 1 aliphatic heterocycles. The molecule has 1 aliphatic rings. The number of aryl methyl sites for hydroxylation is 1. The highest BCUT2D eigenvalue weighted by Gasteiger charge is 2.32. The lowest BCUT2D eigenvalue weighted by molar-refractivity contribution is -0.146. The fourth-order valence-electron chi connectivity index (χ4n) is 2.87. The molecule has 0 radical (unpaired) electrons. The third-order valence-electron chi connectivity index (χ3n) is 4.15. The number of carbonyl (C=O) groups excluding carboxylic acids is 2. The van der Waals surface area contributed by atoms with Crippen LogP contribution < -0.4 is 11.1 Å². The van der Waals surface area contributed by atoms with Crippen LogP contribution in [0.1, 0.15) is 38.7 Å². The van der Waals surface area contributed by atoms with Crippen LogP contribution in [0.15, 0.2) is 12.3 Å². The summed E-state index contributed by atoms with van der Waals surface area (Å²) in [6.07, 6.45) is 4.48. The van der Waals surface area contributed by atoms with Crippen molar-refractivity contribution in [3.63, 3.8) is 0 Å². The fourth-order valence-corrected chi connectivity index (χ4v) is 2.87.